The van der Waals surface area contributed by atoms with Crippen molar-refractivity contribution < 1.29 is 18.0 Å². The lowest BCUT2D eigenvalue weighted by molar-refractivity contribution is -0.121. The van der Waals surface area contributed by atoms with Crippen molar-refractivity contribution in [3.8, 4) is 0 Å². The van der Waals surface area contributed by atoms with Gasteiger partial charge in [0.05, 0.1) is 16.6 Å². The number of hydrogen-bond donors (Lipinski definition) is 2. The summed E-state index contributed by atoms with van der Waals surface area (Å²) in [5.74, 6) is -0.544. The number of pyridine rings is 1. The number of rotatable bonds is 9. The third kappa shape index (κ3) is 6.07. The summed E-state index contributed by atoms with van der Waals surface area (Å²) >= 11 is 0. The van der Waals surface area contributed by atoms with Gasteiger partial charge in [-0.1, -0.05) is 48.5 Å². The Labute approximate surface area is 181 Å². The highest BCUT2D eigenvalue weighted by atomic mass is 32.2. The molecule has 2 N–H and O–H groups in total. The molecule has 0 aliphatic heterocycles. The summed E-state index contributed by atoms with van der Waals surface area (Å²) in [5.41, 5.74) is 1.86. The first-order valence-electron chi connectivity index (χ1n) is 9.73. The lowest BCUT2D eigenvalue weighted by Crippen LogP contribution is -2.33. The van der Waals surface area contributed by atoms with E-state index < -0.39 is 16.1 Å². The molecule has 0 spiro atoms. The van der Waals surface area contributed by atoms with Gasteiger partial charge in [0.2, 0.25) is 15.9 Å². The van der Waals surface area contributed by atoms with E-state index in [1.54, 1.807) is 18.3 Å². The van der Waals surface area contributed by atoms with Crippen LogP contribution in [0, 0.1) is 0 Å². The molecule has 1 amide bonds. The number of amides is 1. The molecule has 0 bridgehead atoms. The maximum atomic E-state index is 12.5. The fourth-order valence-corrected chi connectivity index (χ4v) is 4.10. The Morgan fingerprint density at radius 2 is 1.71 bits per heavy atom. The minimum atomic E-state index is -3.84. The van der Waals surface area contributed by atoms with E-state index in [0.29, 0.717) is 11.3 Å². The van der Waals surface area contributed by atoms with E-state index in [4.69, 9.17) is 0 Å². The number of Topliss-reactive ketones (excluding diaryl/α,β-unsaturated/α-hetero) is 1. The van der Waals surface area contributed by atoms with Gasteiger partial charge >= 0.3 is 0 Å². The van der Waals surface area contributed by atoms with Crippen LogP contribution in [0.2, 0.25) is 0 Å². The van der Waals surface area contributed by atoms with Crippen LogP contribution in [0.5, 0.6) is 0 Å². The summed E-state index contributed by atoms with van der Waals surface area (Å²) in [5, 5.41) is 2.92. The van der Waals surface area contributed by atoms with Gasteiger partial charge in [0, 0.05) is 24.7 Å². The predicted molar refractivity (Wildman–Crippen MR) is 117 cm³/mol. The zero-order chi connectivity index (χ0) is 22.3. The second-order valence-electron chi connectivity index (χ2n) is 6.90. The van der Waals surface area contributed by atoms with Crippen molar-refractivity contribution in [2.75, 3.05) is 6.54 Å². The number of nitrogens with one attached hydrogen (secondary N) is 2. The van der Waals surface area contributed by atoms with Crippen molar-refractivity contribution in [3.05, 3.63) is 95.8 Å². The normalized spacial score (nSPS) is 12.2. The molecule has 1 aromatic heterocycles. The quantitative estimate of drug-likeness (QED) is 0.501. The number of ketones is 1. The molecular weight excluding hydrogens is 414 g/mol. The zero-order valence-electron chi connectivity index (χ0n) is 17.0. The molecule has 31 heavy (non-hydrogen) atoms. The standard InChI is InChI=1S/C23H23N3O4S/c1-17(27)19-10-7-11-20(16-19)31(29,30)25-15-13-22(28)26-23(18-8-3-2-4-9-18)21-12-5-6-14-24-21/h2-12,14,16,23,25H,13,15H2,1H3,(H,26,28)/t23-/m0/s1. The number of sulfonamides is 1. The predicted octanol–water partition coefficient (Wildman–Crippen LogP) is 2.86. The molecule has 3 aromatic rings. The van der Waals surface area contributed by atoms with Crippen LogP contribution in [-0.4, -0.2) is 31.6 Å². The van der Waals surface area contributed by atoms with Gasteiger partial charge in [0.15, 0.2) is 5.78 Å². The Kier molecular flexibility index (Phi) is 7.28. The van der Waals surface area contributed by atoms with Crippen LogP contribution in [0.1, 0.15) is 41.0 Å². The van der Waals surface area contributed by atoms with Crippen LogP contribution in [0.4, 0.5) is 0 Å². The summed E-state index contributed by atoms with van der Waals surface area (Å²) in [7, 11) is -3.84. The summed E-state index contributed by atoms with van der Waals surface area (Å²) in [6.07, 6.45) is 1.60. The molecule has 0 aliphatic carbocycles. The Morgan fingerprint density at radius 3 is 2.39 bits per heavy atom. The van der Waals surface area contributed by atoms with Crippen LogP contribution in [0.25, 0.3) is 0 Å². The van der Waals surface area contributed by atoms with Gasteiger partial charge in [-0.3, -0.25) is 14.6 Å². The van der Waals surface area contributed by atoms with E-state index in [9.17, 15) is 18.0 Å². The van der Waals surface area contributed by atoms with Crippen molar-refractivity contribution in [2.45, 2.75) is 24.3 Å². The molecule has 8 heteroatoms. The largest absolute Gasteiger partial charge is 0.344 e. The first-order chi connectivity index (χ1) is 14.9. The number of nitrogens with zero attached hydrogens (tertiary/aromatic N) is 1. The number of carbonyl (C=O) groups excluding carboxylic acids is 2. The molecule has 160 valence electrons. The van der Waals surface area contributed by atoms with Gasteiger partial charge in [-0.2, -0.15) is 0 Å². The number of benzene rings is 2. The number of aromatic nitrogens is 1. The van der Waals surface area contributed by atoms with E-state index in [1.807, 2.05) is 42.5 Å². The van der Waals surface area contributed by atoms with Gasteiger partial charge in [0.25, 0.3) is 0 Å². The lowest BCUT2D eigenvalue weighted by Gasteiger charge is -2.19. The number of hydrogen-bond acceptors (Lipinski definition) is 5. The van der Waals surface area contributed by atoms with Gasteiger partial charge in [-0.15, -0.1) is 0 Å². The first kappa shape index (κ1) is 22.3. The maximum absolute atomic E-state index is 12.5. The van der Waals surface area contributed by atoms with Crippen molar-refractivity contribution in [3.63, 3.8) is 0 Å². The second kappa shape index (κ2) is 10.1. The van der Waals surface area contributed by atoms with E-state index in [-0.39, 0.29) is 29.6 Å². The highest BCUT2D eigenvalue weighted by Crippen LogP contribution is 2.20. The summed E-state index contributed by atoms with van der Waals surface area (Å²) in [6.45, 7) is 1.29. The van der Waals surface area contributed by atoms with Gasteiger partial charge in [-0.25, -0.2) is 13.1 Å². The minimum Gasteiger partial charge on any atom is -0.344 e. The highest BCUT2D eigenvalue weighted by molar-refractivity contribution is 7.89. The molecule has 0 saturated carbocycles. The molecule has 0 saturated heterocycles. The number of carbonyl (C=O) groups is 2. The van der Waals surface area contributed by atoms with Gasteiger partial charge in [-0.05, 0) is 36.8 Å². The van der Waals surface area contributed by atoms with E-state index in [0.717, 1.165) is 5.56 Å². The monoisotopic (exact) mass is 437 g/mol. The summed E-state index contributed by atoms with van der Waals surface area (Å²) < 4.78 is 27.4. The molecule has 3 rings (SSSR count). The highest BCUT2D eigenvalue weighted by Gasteiger charge is 2.19. The first-order valence-corrected chi connectivity index (χ1v) is 11.2. The van der Waals surface area contributed by atoms with Crippen molar-refractivity contribution in [1.82, 2.24) is 15.0 Å². The van der Waals surface area contributed by atoms with Crippen LogP contribution in [0.3, 0.4) is 0 Å². The van der Waals surface area contributed by atoms with Crippen LogP contribution >= 0.6 is 0 Å². The Balaban J connectivity index is 1.64. The average Bonchev–Trinajstić information content (AvgIpc) is 2.78. The lowest BCUT2D eigenvalue weighted by atomic mass is 10.0. The SMILES string of the molecule is CC(=O)c1cccc(S(=O)(=O)NCCC(=O)N[C@@H](c2ccccc2)c2ccccn2)c1. The van der Waals surface area contributed by atoms with Crippen LogP contribution in [-0.2, 0) is 14.8 Å². The molecule has 1 heterocycles. The molecule has 2 aromatic carbocycles. The molecular formula is C23H23N3O4S. The van der Waals surface area contributed by atoms with E-state index in [2.05, 4.69) is 15.0 Å². The maximum Gasteiger partial charge on any atom is 0.240 e. The van der Waals surface area contributed by atoms with Crippen molar-refractivity contribution in [2.24, 2.45) is 0 Å². The summed E-state index contributed by atoms with van der Waals surface area (Å²) in [6, 6.07) is 20.2. The fraction of sp³-hybridized carbons (Fsp3) is 0.174. The Hall–Kier alpha value is -3.36. The van der Waals surface area contributed by atoms with Gasteiger partial charge in [0.1, 0.15) is 0 Å². The molecule has 0 unspecified atom stereocenters. The molecule has 1 atom stereocenters. The molecule has 7 nitrogen and oxygen atoms in total. The van der Waals surface area contributed by atoms with E-state index in [1.165, 1.54) is 25.1 Å². The molecule has 0 radical (unpaired) electrons. The zero-order valence-corrected chi connectivity index (χ0v) is 17.8. The smallest absolute Gasteiger partial charge is 0.240 e. The fourth-order valence-electron chi connectivity index (χ4n) is 3.02. The minimum absolute atomic E-state index is 0.0174. The second-order valence-corrected chi connectivity index (χ2v) is 8.66. The van der Waals surface area contributed by atoms with Crippen LogP contribution < -0.4 is 10.0 Å². The van der Waals surface area contributed by atoms with Crippen molar-refractivity contribution in [1.29, 1.82) is 0 Å². The third-order valence-electron chi connectivity index (χ3n) is 4.62. The van der Waals surface area contributed by atoms with Crippen LogP contribution in [0.15, 0.2) is 83.9 Å². The topological polar surface area (TPSA) is 105 Å². The van der Waals surface area contributed by atoms with E-state index >= 15 is 0 Å². The van der Waals surface area contributed by atoms with Crippen molar-refractivity contribution >= 4 is 21.7 Å². The molecule has 0 aliphatic rings. The average molecular weight is 438 g/mol. The Morgan fingerprint density at radius 1 is 0.968 bits per heavy atom. The van der Waals surface area contributed by atoms with Gasteiger partial charge < -0.3 is 5.32 Å². The summed E-state index contributed by atoms with van der Waals surface area (Å²) in [4.78, 5) is 28.4. The third-order valence-corrected chi connectivity index (χ3v) is 6.08. The Bertz CT molecular complexity index is 1110. The molecule has 0 fully saturated rings.